The van der Waals surface area contributed by atoms with E-state index in [-0.39, 0.29) is 0 Å². The van der Waals surface area contributed by atoms with Gasteiger partial charge < -0.3 is 4.90 Å². The van der Waals surface area contributed by atoms with Crippen LogP contribution < -0.4 is 4.90 Å². The van der Waals surface area contributed by atoms with E-state index >= 15 is 0 Å². The lowest BCUT2D eigenvalue weighted by Gasteiger charge is -2.22. The highest BCUT2D eigenvalue weighted by Gasteiger charge is 2.05. The van der Waals surface area contributed by atoms with Gasteiger partial charge in [0.05, 0.1) is 0 Å². The van der Waals surface area contributed by atoms with Crippen molar-refractivity contribution in [1.29, 1.82) is 0 Å². The second-order valence-electron chi connectivity index (χ2n) is 4.02. The summed E-state index contributed by atoms with van der Waals surface area (Å²) in [5, 5.41) is 0. The molecular formula is C16H27N. The highest BCUT2D eigenvalue weighted by Crippen LogP contribution is 2.22. The third-order valence-corrected chi connectivity index (χ3v) is 2.65. The van der Waals surface area contributed by atoms with Crippen molar-refractivity contribution in [2.24, 2.45) is 0 Å². The van der Waals surface area contributed by atoms with Gasteiger partial charge in [0.1, 0.15) is 0 Å². The first-order chi connectivity index (χ1) is 8.19. The van der Waals surface area contributed by atoms with Gasteiger partial charge in [-0.3, -0.25) is 0 Å². The maximum Gasteiger partial charge on any atom is 0.0438 e. The lowest BCUT2D eigenvalue weighted by atomic mass is 10.1. The van der Waals surface area contributed by atoms with Crippen molar-refractivity contribution in [1.82, 2.24) is 0 Å². The van der Waals surface area contributed by atoms with Crippen LogP contribution in [0.15, 0.2) is 31.0 Å². The molecule has 0 unspecified atom stereocenters. The molecular weight excluding hydrogens is 206 g/mol. The van der Waals surface area contributed by atoms with E-state index in [4.69, 9.17) is 0 Å². The van der Waals surface area contributed by atoms with Crippen molar-refractivity contribution in [3.8, 4) is 0 Å². The Labute approximate surface area is 107 Å². The lowest BCUT2D eigenvalue weighted by Crippen LogP contribution is -2.17. The van der Waals surface area contributed by atoms with Gasteiger partial charge in [0.15, 0.2) is 0 Å². The Hall–Kier alpha value is -1.24. The van der Waals surface area contributed by atoms with Crippen LogP contribution in [0.5, 0.6) is 0 Å². The number of aryl methyl sites for hydroxylation is 2. The molecule has 1 heteroatoms. The van der Waals surface area contributed by atoms with Crippen molar-refractivity contribution in [2.45, 2.75) is 47.5 Å². The summed E-state index contributed by atoms with van der Waals surface area (Å²) in [6.45, 7) is 15.4. The summed E-state index contributed by atoms with van der Waals surface area (Å²) in [7, 11) is 0. The highest BCUT2D eigenvalue weighted by molar-refractivity contribution is 5.56. The molecule has 0 aliphatic heterocycles. The fraction of sp³-hybridized carbons (Fsp3) is 0.500. The van der Waals surface area contributed by atoms with Crippen LogP contribution in [0.25, 0.3) is 0 Å². The Bertz CT molecular complexity index is 328. The van der Waals surface area contributed by atoms with E-state index in [1.54, 1.807) is 0 Å². The van der Waals surface area contributed by atoms with Crippen LogP contribution >= 0.6 is 0 Å². The highest BCUT2D eigenvalue weighted by atomic mass is 15.1. The first kappa shape index (κ1) is 15.8. The Morgan fingerprint density at radius 2 is 1.88 bits per heavy atom. The topological polar surface area (TPSA) is 3.24 Å². The standard InChI is InChI=1S/C14H21N.C2H6/c1-5-7-10-15(6-2)14-11-12(3)8-9-13(14)4;1-2/h6,8-9,11H,2,5,7,10H2,1,3-4H3;1-2H3. The van der Waals surface area contributed by atoms with Crippen molar-refractivity contribution in [2.75, 3.05) is 11.4 Å². The first-order valence-corrected chi connectivity index (χ1v) is 6.65. The minimum atomic E-state index is 1.06. The van der Waals surface area contributed by atoms with Crippen LogP contribution in [0.4, 0.5) is 5.69 Å². The maximum absolute atomic E-state index is 3.89. The molecule has 0 aliphatic carbocycles. The van der Waals surface area contributed by atoms with Gasteiger partial charge in [-0.15, -0.1) is 0 Å². The van der Waals surface area contributed by atoms with Crippen LogP contribution in [-0.4, -0.2) is 6.54 Å². The Morgan fingerprint density at radius 3 is 2.41 bits per heavy atom. The predicted octanol–water partition coefficient (Wildman–Crippen LogP) is 5.08. The monoisotopic (exact) mass is 233 g/mol. The van der Waals surface area contributed by atoms with E-state index in [9.17, 15) is 0 Å². The zero-order valence-electron chi connectivity index (χ0n) is 12.1. The minimum absolute atomic E-state index is 1.06. The summed E-state index contributed by atoms with van der Waals surface area (Å²) in [6, 6.07) is 6.56. The van der Waals surface area contributed by atoms with Gasteiger partial charge in [0, 0.05) is 12.2 Å². The summed E-state index contributed by atoms with van der Waals surface area (Å²) in [5.41, 5.74) is 3.91. The van der Waals surface area contributed by atoms with E-state index in [0.29, 0.717) is 0 Å². The zero-order chi connectivity index (χ0) is 13.3. The lowest BCUT2D eigenvalue weighted by molar-refractivity contribution is 0.781. The van der Waals surface area contributed by atoms with Crippen molar-refractivity contribution in [3.63, 3.8) is 0 Å². The molecule has 96 valence electrons. The smallest absolute Gasteiger partial charge is 0.0438 e. The molecule has 0 amide bonds. The van der Waals surface area contributed by atoms with Gasteiger partial charge in [-0.2, -0.15) is 0 Å². The van der Waals surface area contributed by atoms with E-state index in [1.165, 1.54) is 29.7 Å². The molecule has 1 aromatic rings. The van der Waals surface area contributed by atoms with Gasteiger partial charge in [0.2, 0.25) is 0 Å². The van der Waals surface area contributed by atoms with E-state index in [0.717, 1.165) is 6.54 Å². The average molecular weight is 233 g/mol. The van der Waals surface area contributed by atoms with Crippen LogP contribution in [0.2, 0.25) is 0 Å². The van der Waals surface area contributed by atoms with Gasteiger partial charge in [-0.25, -0.2) is 0 Å². The van der Waals surface area contributed by atoms with E-state index in [1.807, 2.05) is 20.0 Å². The summed E-state index contributed by atoms with van der Waals surface area (Å²) >= 11 is 0. The SMILES string of the molecule is C=CN(CCCC)c1cc(C)ccc1C.CC. The second-order valence-corrected chi connectivity index (χ2v) is 4.02. The number of unbranched alkanes of at least 4 members (excludes halogenated alkanes) is 1. The Morgan fingerprint density at radius 1 is 1.24 bits per heavy atom. The third kappa shape index (κ3) is 5.08. The van der Waals surface area contributed by atoms with Crippen LogP contribution in [0.3, 0.4) is 0 Å². The normalized spacial score (nSPS) is 9.24. The number of hydrogen-bond acceptors (Lipinski definition) is 1. The number of nitrogens with zero attached hydrogens (tertiary/aromatic N) is 1. The molecule has 0 aromatic heterocycles. The molecule has 0 N–H and O–H groups in total. The Balaban J connectivity index is 0.00000121. The minimum Gasteiger partial charge on any atom is -0.348 e. The molecule has 0 saturated carbocycles. The molecule has 1 rings (SSSR count). The van der Waals surface area contributed by atoms with Crippen molar-refractivity contribution < 1.29 is 0 Å². The first-order valence-electron chi connectivity index (χ1n) is 6.65. The molecule has 0 radical (unpaired) electrons. The molecule has 0 saturated heterocycles. The molecule has 0 atom stereocenters. The molecule has 1 nitrogen and oxygen atoms in total. The molecule has 0 fully saturated rings. The molecule has 0 heterocycles. The number of anilines is 1. The number of benzene rings is 1. The van der Waals surface area contributed by atoms with Gasteiger partial charge in [0.25, 0.3) is 0 Å². The Kier molecular flexibility index (Phi) is 8.21. The summed E-state index contributed by atoms with van der Waals surface area (Å²) in [6.07, 6.45) is 4.35. The van der Waals surface area contributed by atoms with Crippen LogP contribution in [0.1, 0.15) is 44.7 Å². The molecule has 17 heavy (non-hydrogen) atoms. The molecule has 0 bridgehead atoms. The fourth-order valence-electron chi connectivity index (χ4n) is 1.67. The van der Waals surface area contributed by atoms with Crippen molar-refractivity contribution in [3.05, 3.63) is 42.1 Å². The molecule has 0 aliphatic rings. The zero-order valence-corrected chi connectivity index (χ0v) is 12.1. The van der Waals surface area contributed by atoms with Gasteiger partial charge >= 0.3 is 0 Å². The van der Waals surface area contributed by atoms with Crippen LogP contribution in [0, 0.1) is 13.8 Å². The summed E-state index contributed by atoms with van der Waals surface area (Å²) in [5.74, 6) is 0. The number of rotatable bonds is 5. The number of hydrogen-bond donors (Lipinski definition) is 0. The third-order valence-electron chi connectivity index (χ3n) is 2.65. The fourth-order valence-corrected chi connectivity index (χ4v) is 1.67. The van der Waals surface area contributed by atoms with Gasteiger partial charge in [-0.05, 0) is 43.7 Å². The second kappa shape index (κ2) is 8.86. The largest absolute Gasteiger partial charge is 0.348 e. The van der Waals surface area contributed by atoms with Crippen LogP contribution in [-0.2, 0) is 0 Å². The summed E-state index contributed by atoms with van der Waals surface area (Å²) in [4.78, 5) is 2.24. The quantitative estimate of drug-likeness (QED) is 0.685. The average Bonchev–Trinajstić information content (AvgIpc) is 2.36. The summed E-state index contributed by atoms with van der Waals surface area (Å²) < 4.78 is 0. The molecule has 0 spiro atoms. The van der Waals surface area contributed by atoms with E-state index in [2.05, 4.69) is 50.4 Å². The predicted molar refractivity (Wildman–Crippen MR) is 79.7 cm³/mol. The molecule has 1 aromatic carbocycles. The van der Waals surface area contributed by atoms with E-state index < -0.39 is 0 Å². The van der Waals surface area contributed by atoms with Gasteiger partial charge in [-0.1, -0.05) is 45.9 Å². The maximum atomic E-state index is 3.89. The van der Waals surface area contributed by atoms with Crippen molar-refractivity contribution >= 4 is 5.69 Å².